The van der Waals surface area contributed by atoms with E-state index in [2.05, 4.69) is 0 Å². The minimum Gasteiger partial charge on any atom is -0.480 e. The van der Waals surface area contributed by atoms with Gasteiger partial charge in [-0.05, 0) is 18.9 Å². The van der Waals surface area contributed by atoms with Crippen LogP contribution < -0.4 is 0 Å². The normalized spacial score (nSPS) is 13.4. The second-order valence-electron chi connectivity index (χ2n) is 4.95. The molecule has 1 atom stereocenters. The Morgan fingerprint density at radius 1 is 1.00 bits per heavy atom. The minimum atomic E-state index is -1.19. The topological polar surface area (TPSA) is 54.4 Å². The van der Waals surface area contributed by atoms with Crippen molar-refractivity contribution in [3.63, 3.8) is 0 Å². The van der Waals surface area contributed by atoms with Crippen molar-refractivity contribution in [2.45, 2.75) is 18.1 Å². The van der Waals surface area contributed by atoms with Crippen molar-refractivity contribution in [3.8, 4) is 0 Å². The maximum Gasteiger partial charge on any atom is 0.320 e. The maximum atomic E-state index is 12.3. The number of hydrogen-bond donors (Lipinski definition) is 1. The molecule has 1 N–H and O–H groups in total. The third-order valence-corrected chi connectivity index (χ3v) is 4.35. The lowest BCUT2D eigenvalue weighted by atomic mass is 10.0. The molecule has 0 fully saturated rings. The number of thioether (sulfide) groups is 1. The average Bonchev–Trinajstić information content (AvgIpc) is 2.49. The predicted octanol–water partition coefficient (Wildman–Crippen LogP) is 3.65. The van der Waals surface area contributed by atoms with Crippen LogP contribution in [0.15, 0.2) is 60.7 Å². The molecule has 0 aromatic heterocycles. The zero-order valence-corrected chi connectivity index (χ0v) is 12.5. The van der Waals surface area contributed by atoms with Gasteiger partial charge in [-0.3, -0.25) is 9.59 Å². The Balaban J connectivity index is 2.19. The Labute approximate surface area is 128 Å². The first-order valence-electron chi connectivity index (χ1n) is 6.57. The number of carboxylic acids is 1. The third-order valence-electron chi connectivity index (χ3n) is 3.16. The summed E-state index contributed by atoms with van der Waals surface area (Å²) in [4.78, 5) is 23.9. The summed E-state index contributed by atoms with van der Waals surface area (Å²) in [5.41, 5.74) is 1.42. The molecule has 0 spiro atoms. The molecule has 0 amide bonds. The number of rotatable bonds is 5. The van der Waals surface area contributed by atoms with E-state index in [-0.39, 0.29) is 5.12 Å². The monoisotopic (exact) mass is 300 g/mol. The summed E-state index contributed by atoms with van der Waals surface area (Å²) in [6, 6.07) is 18.1. The van der Waals surface area contributed by atoms with E-state index in [9.17, 15) is 14.7 Å². The number of benzene rings is 2. The van der Waals surface area contributed by atoms with Gasteiger partial charge < -0.3 is 5.11 Å². The quantitative estimate of drug-likeness (QED) is 0.916. The smallest absolute Gasteiger partial charge is 0.320 e. The van der Waals surface area contributed by atoms with Crippen molar-refractivity contribution in [1.29, 1.82) is 0 Å². The molecular weight excluding hydrogens is 284 g/mol. The highest BCUT2D eigenvalue weighted by Crippen LogP contribution is 2.32. The molecule has 0 bridgehead atoms. The van der Waals surface area contributed by atoms with Gasteiger partial charge in [0.25, 0.3) is 0 Å². The zero-order valence-electron chi connectivity index (χ0n) is 11.7. The second kappa shape index (κ2) is 6.59. The standard InChI is InChI=1S/C17H16O3S/c1-17(16(19)20,12-13-8-4-2-5-9-13)21-15(18)14-10-6-3-7-11-14/h2-11H,12H2,1H3,(H,19,20). The summed E-state index contributed by atoms with van der Waals surface area (Å²) in [7, 11) is 0. The second-order valence-corrected chi connectivity index (χ2v) is 6.43. The zero-order chi connectivity index (χ0) is 15.3. The van der Waals surface area contributed by atoms with Gasteiger partial charge in [-0.15, -0.1) is 0 Å². The summed E-state index contributed by atoms with van der Waals surface area (Å²) >= 11 is 0.865. The SMILES string of the molecule is CC(Cc1ccccc1)(SC(=O)c1ccccc1)C(=O)O. The molecule has 2 rings (SSSR count). The molecule has 108 valence electrons. The van der Waals surface area contributed by atoms with Crippen molar-refractivity contribution in [3.05, 3.63) is 71.8 Å². The molecule has 2 aromatic carbocycles. The van der Waals surface area contributed by atoms with Gasteiger partial charge in [0.05, 0.1) is 0 Å². The summed E-state index contributed by atoms with van der Waals surface area (Å²) < 4.78 is -1.19. The van der Waals surface area contributed by atoms with Crippen molar-refractivity contribution >= 4 is 22.8 Å². The van der Waals surface area contributed by atoms with Crippen LogP contribution in [0.3, 0.4) is 0 Å². The Morgan fingerprint density at radius 2 is 1.52 bits per heavy atom. The number of aliphatic carboxylic acids is 1. The van der Waals surface area contributed by atoms with Gasteiger partial charge >= 0.3 is 5.97 Å². The van der Waals surface area contributed by atoms with Crippen molar-refractivity contribution in [1.82, 2.24) is 0 Å². The van der Waals surface area contributed by atoms with E-state index in [0.717, 1.165) is 17.3 Å². The molecule has 0 saturated carbocycles. The van der Waals surface area contributed by atoms with E-state index in [0.29, 0.717) is 12.0 Å². The molecule has 0 aliphatic carbocycles. The Hall–Kier alpha value is -2.07. The largest absolute Gasteiger partial charge is 0.480 e. The first-order valence-corrected chi connectivity index (χ1v) is 7.39. The van der Waals surface area contributed by atoms with E-state index < -0.39 is 10.7 Å². The Kier molecular flexibility index (Phi) is 4.81. The van der Waals surface area contributed by atoms with Gasteiger partial charge in [0.1, 0.15) is 4.75 Å². The van der Waals surface area contributed by atoms with E-state index in [4.69, 9.17) is 0 Å². The van der Waals surface area contributed by atoms with Crippen LogP contribution in [-0.4, -0.2) is 20.9 Å². The average molecular weight is 300 g/mol. The summed E-state index contributed by atoms with van der Waals surface area (Å²) in [6.45, 7) is 1.59. The van der Waals surface area contributed by atoms with Gasteiger partial charge in [-0.25, -0.2) is 0 Å². The van der Waals surface area contributed by atoms with Gasteiger partial charge in [0, 0.05) is 5.56 Å². The molecule has 3 nitrogen and oxygen atoms in total. The van der Waals surface area contributed by atoms with Gasteiger partial charge in [0.15, 0.2) is 0 Å². The molecule has 0 aliphatic rings. The number of hydrogen-bond acceptors (Lipinski definition) is 3. The van der Waals surface area contributed by atoms with Gasteiger partial charge in [0.2, 0.25) is 5.12 Å². The fourth-order valence-corrected chi connectivity index (χ4v) is 2.97. The van der Waals surface area contributed by atoms with Crippen LogP contribution >= 0.6 is 11.8 Å². The van der Waals surface area contributed by atoms with Crippen molar-refractivity contribution in [2.24, 2.45) is 0 Å². The van der Waals surface area contributed by atoms with Crippen molar-refractivity contribution < 1.29 is 14.7 Å². The molecule has 0 heterocycles. The lowest BCUT2D eigenvalue weighted by Crippen LogP contribution is -2.35. The van der Waals surface area contributed by atoms with Crippen LogP contribution in [0.5, 0.6) is 0 Å². The first kappa shape index (κ1) is 15.3. The molecule has 2 aromatic rings. The fourth-order valence-electron chi connectivity index (χ4n) is 1.98. The summed E-state index contributed by atoms with van der Waals surface area (Å²) in [6.07, 6.45) is 0.298. The van der Waals surface area contributed by atoms with Gasteiger partial charge in [-0.1, -0.05) is 72.4 Å². The van der Waals surface area contributed by atoms with E-state index >= 15 is 0 Å². The number of carbonyl (C=O) groups excluding carboxylic acids is 1. The van der Waals surface area contributed by atoms with E-state index in [1.807, 2.05) is 36.4 Å². The summed E-state index contributed by atoms with van der Waals surface area (Å²) in [5.74, 6) is -0.986. The van der Waals surface area contributed by atoms with Crippen LogP contribution in [0.2, 0.25) is 0 Å². The first-order chi connectivity index (χ1) is 10.0. The molecule has 4 heteroatoms. The minimum absolute atomic E-state index is 0.226. The maximum absolute atomic E-state index is 12.3. The number of carboxylic acid groups (broad SMARTS) is 1. The number of carbonyl (C=O) groups is 2. The van der Waals surface area contributed by atoms with Crippen LogP contribution in [0.25, 0.3) is 0 Å². The molecule has 0 aliphatic heterocycles. The Morgan fingerprint density at radius 3 is 2.05 bits per heavy atom. The molecule has 21 heavy (non-hydrogen) atoms. The van der Waals surface area contributed by atoms with Gasteiger partial charge in [-0.2, -0.15) is 0 Å². The fraction of sp³-hybridized carbons (Fsp3) is 0.176. The predicted molar refractivity (Wildman–Crippen MR) is 84.6 cm³/mol. The molecule has 0 saturated heterocycles. The molecule has 1 unspecified atom stereocenters. The van der Waals surface area contributed by atoms with Crippen molar-refractivity contribution in [2.75, 3.05) is 0 Å². The van der Waals surface area contributed by atoms with Crippen LogP contribution in [-0.2, 0) is 11.2 Å². The van der Waals surface area contributed by atoms with E-state index in [1.54, 1.807) is 31.2 Å². The van der Waals surface area contributed by atoms with Crippen LogP contribution in [0.4, 0.5) is 0 Å². The molecular formula is C17H16O3S. The summed E-state index contributed by atoms with van der Waals surface area (Å²) in [5, 5.41) is 9.29. The van der Waals surface area contributed by atoms with Crippen LogP contribution in [0.1, 0.15) is 22.8 Å². The van der Waals surface area contributed by atoms with E-state index in [1.165, 1.54) is 0 Å². The Bertz CT molecular complexity index is 625. The molecule has 0 radical (unpaired) electrons. The lowest BCUT2D eigenvalue weighted by molar-refractivity contribution is -0.139. The van der Waals surface area contributed by atoms with Crippen LogP contribution in [0, 0.1) is 0 Å². The highest BCUT2D eigenvalue weighted by Gasteiger charge is 2.37. The highest BCUT2D eigenvalue weighted by molar-refractivity contribution is 8.15. The lowest BCUT2D eigenvalue weighted by Gasteiger charge is -2.23. The third kappa shape index (κ3) is 3.95. The highest BCUT2D eigenvalue weighted by atomic mass is 32.2.